The fraction of sp³-hybridized carbons (Fsp3) is 0.370. The highest BCUT2D eigenvalue weighted by molar-refractivity contribution is 6.09. The van der Waals surface area contributed by atoms with Crippen LogP contribution in [-0.4, -0.2) is 30.9 Å². The number of anilines is 1. The number of benzene rings is 1. The van der Waals surface area contributed by atoms with E-state index in [0.717, 1.165) is 11.3 Å². The highest BCUT2D eigenvalue weighted by Crippen LogP contribution is 2.50. The van der Waals surface area contributed by atoms with E-state index >= 15 is 0 Å². The zero-order valence-corrected chi connectivity index (χ0v) is 20.5. The van der Waals surface area contributed by atoms with Crippen molar-refractivity contribution in [3.8, 4) is 11.5 Å². The van der Waals surface area contributed by atoms with Gasteiger partial charge >= 0.3 is 0 Å². The summed E-state index contributed by atoms with van der Waals surface area (Å²) in [5, 5.41) is 6.29. The van der Waals surface area contributed by atoms with Crippen LogP contribution >= 0.6 is 0 Å². The van der Waals surface area contributed by atoms with E-state index in [4.69, 9.17) is 9.47 Å². The number of amides is 1. The number of para-hydroxylation sites is 1. The van der Waals surface area contributed by atoms with Crippen LogP contribution < -0.4 is 20.1 Å². The molecule has 7 heteroatoms. The van der Waals surface area contributed by atoms with E-state index in [-0.39, 0.29) is 17.1 Å². The molecular formula is C27H31N3O4. The van der Waals surface area contributed by atoms with Gasteiger partial charge in [-0.15, -0.1) is 0 Å². The lowest BCUT2D eigenvalue weighted by atomic mass is 9.68. The Morgan fingerprint density at radius 1 is 1.12 bits per heavy atom. The van der Waals surface area contributed by atoms with Gasteiger partial charge in [0.05, 0.1) is 20.1 Å². The molecule has 7 nitrogen and oxygen atoms in total. The minimum atomic E-state index is -0.602. The van der Waals surface area contributed by atoms with Gasteiger partial charge in [0.15, 0.2) is 17.3 Å². The van der Waals surface area contributed by atoms with E-state index < -0.39 is 5.92 Å². The lowest BCUT2D eigenvalue weighted by Gasteiger charge is -2.40. The summed E-state index contributed by atoms with van der Waals surface area (Å²) in [5.41, 5.74) is 4.17. The maximum atomic E-state index is 13.7. The second kappa shape index (κ2) is 8.97. The average molecular weight is 462 g/mol. The number of nitrogens with zero attached hydrogens (tertiary/aromatic N) is 1. The third-order valence-electron chi connectivity index (χ3n) is 6.38. The fourth-order valence-electron chi connectivity index (χ4n) is 4.91. The molecule has 0 saturated carbocycles. The van der Waals surface area contributed by atoms with Gasteiger partial charge in [-0.05, 0) is 43.4 Å². The average Bonchev–Trinajstić information content (AvgIpc) is 2.78. The number of carbonyl (C=O) groups excluding carboxylic acids is 2. The molecule has 4 rings (SSSR count). The molecule has 2 aliphatic rings. The predicted octanol–water partition coefficient (Wildman–Crippen LogP) is 4.65. The second-order valence-corrected chi connectivity index (χ2v) is 9.69. The number of pyridine rings is 1. The Kier molecular flexibility index (Phi) is 6.21. The van der Waals surface area contributed by atoms with Gasteiger partial charge in [0.25, 0.3) is 5.91 Å². The maximum Gasteiger partial charge on any atom is 0.255 e. The Morgan fingerprint density at radius 3 is 2.53 bits per heavy atom. The molecule has 1 aromatic heterocycles. The van der Waals surface area contributed by atoms with Crippen molar-refractivity contribution in [2.24, 2.45) is 5.41 Å². The number of allylic oxidation sites excluding steroid dienone is 3. The number of ketones is 1. The van der Waals surface area contributed by atoms with E-state index in [1.807, 2.05) is 32.0 Å². The van der Waals surface area contributed by atoms with Crippen LogP contribution in [0.25, 0.3) is 0 Å². The second-order valence-electron chi connectivity index (χ2n) is 9.69. The van der Waals surface area contributed by atoms with Crippen LogP contribution in [0.2, 0.25) is 0 Å². The first-order valence-electron chi connectivity index (χ1n) is 11.3. The van der Waals surface area contributed by atoms with Crippen LogP contribution in [0.3, 0.4) is 0 Å². The number of ether oxygens (including phenoxy) is 2. The van der Waals surface area contributed by atoms with Crippen molar-refractivity contribution < 1.29 is 19.1 Å². The molecular weight excluding hydrogens is 430 g/mol. The van der Waals surface area contributed by atoms with Crippen LogP contribution in [0.1, 0.15) is 50.7 Å². The topological polar surface area (TPSA) is 89.5 Å². The molecule has 1 aromatic carbocycles. The van der Waals surface area contributed by atoms with Gasteiger partial charge < -0.3 is 20.1 Å². The van der Waals surface area contributed by atoms with E-state index in [2.05, 4.69) is 29.5 Å². The van der Waals surface area contributed by atoms with E-state index in [1.165, 1.54) is 0 Å². The number of dihydropyridines is 1. The van der Waals surface area contributed by atoms with Crippen LogP contribution in [0.5, 0.6) is 11.5 Å². The summed E-state index contributed by atoms with van der Waals surface area (Å²) in [6, 6.07) is 9.19. The third kappa shape index (κ3) is 4.30. The van der Waals surface area contributed by atoms with Gasteiger partial charge in [-0.1, -0.05) is 32.0 Å². The van der Waals surface area contributed by atoms with Gasteiger partial charge in [0, 0.05) is 40.7 Å². The molecule has 0 saturated heterocycles. The van der Waals surface area contributed by atoms with Crippen LogP contribution in [0.15, 0.2) is 59.1 Å². The summed E-state index contributed by atoms with van der Waals surface area (Å²) in [4.78, 5) is 31.5. The van der Waals surface area contributed by atoms with Crippen molar-refractivity contribution >= 4 is 17.5 Å². The van der Waals surface area contributed by atoms with Gasteiger partial charge in [-0.3, -0.25) is 9.59 Å². The first-order chi connectivity index (χ1) is 16.1. The number of methoxy groups -OCH3 is 2. The molecule has 0 fully saturated rings. The maximum absolute atomic E-state index is 13.7. The molecule has 0 unspecified atom stereocenters. The summed E-state index contributed by atoms with van der Waals surface area (Å²) in [5.74, 6) is 0.605. The summed E-state index contributed by atoms with van der Waals surface area (Å²) in [6.07, 6.45) is 2.82. The molecule has 0 bridgehead atoms. The Bertz CT molecular complexity index is 1210. The minimum Gasteiger partial charge on any atom is -0.493 e. The smallest absolute Gasteiger partial charge is 0.255 e. The number of nitrogens with one attached hydrogen (secondary N) is 2. The number of Topliss-reactive ketones (excluding diaryl/α,β-unsaturated/α-hetero) is 1. The molecule has 1 atom stereocenters. The van der Waals surface area contributed by atoms with Crippen molar-refractivity contribution in [1.29, 1.82) is 0 Å². The van der Waals surface area contributed by atoms with Crippen molar-refractivity contribution in [2.75, 3.05) is 19.5 Å². The Balaban J connectivity index is 1.87. The van der Waals surface area contributed by atoms with Gasteiger partial charge in [0.1, 0.15) is 5.82 Å². The first-order valence-corrected chi connectivity index (χ1v) is 11.3. The van der Waals surface area contributed by atoms with Crippen molar-refractivity contribution in [3.05, 3.63) is 70.2 Å². The molecule has 2 aromatic rings. The molecule has 1 amide bonds. The predicted molar refractivity (Wildman–Crippen MR) is 131 cm³/mol. The Hall–Kier alpha value is -3.61. The molecule has 0 spiro atoms. The summed E-state index contributed by atoms with van der Waals surface area (Å²) < 4.78 is 11.3. The SMILES string of the molecule is COc1cccc([C@H]2C(C(=O)Nc3ccc(C)cn3)=C(C)NC3=C2C(=O)CC(C)(C)C3)c1OC. The van der Waals surface area contributed by atoms with Crippen molar-refractivity contribution in [3.63, 3.8) is 0 Å². The lowest BCUT2D eigenvalue weighted by Crippen LogP contribution is -2.39. The number of hydrogen-bond acceptors (Lipinski definition) is 6. The van der Waals surface area contributed by atoms with E-state index in [1.54, 1.807) is 32.5 Å². The number of hydrogen-bond donors (Lipinski definition) is 2. The summed E-state index contributed by atoms with van der Waals surface area (Å²) in [7, 11) is 3.14. The molecule has 2 N–H and O–H groups in total. The number of rotatable bonds is 5. The molecule has 1 aliphatic heterocycles. The van der Waals surface area contributed by atoms with E-state index in [9.17, 15) is 9.59 Å². The summed E-state index contributed by atoms with van der Waals surface area (Å²) >= 11 is 0. The molecule has 178 valence electrons. The quantitative estimate of drug-likeness (QED) is 0.674. The monoisotopic (exact) mass is 461 g/mol. The Labute approximate surface area is 200 Å². The Morgan fingerprint density at radius 2 is 1.88 bits per heavy atom. The van der Waals surface area contributed by atoms with Gasteiger partial charge in [-0.25, -0.2) is 4.98 Å². The zero-order valence-electron chi connectivity index (χ0n) is 20.5. The van der Waals surface area contributed by atoms with Crippen LogP contribution in [0.4, 0.5) is 5.82 Å². The first kappa shape index (κ1) is 23.5. The van der Waals surface area contributed by atoms with Gasteiger partial charge in [-0.2, -0.15) is 0 Å². The van der Waals surface area contributed by atoms with Gasteiger partial charge in [0.2, 0.25) is 0 Å². The number of aromatic nitrogens is 1. The van der Waals surface area contributed by atoms with Crippen molar-refractivity contribution in [2.45, 2.75) is 46.5 Å². The molecule has 1 aliphatic carbocycles. The van der Waals surface area contributed by atoms with E-state index in [0.29, 0.717) is 52.6 Å². The zero-order chi connectivity index (χ0) is 24.6. The van der Waals surface area contributed by atoms with Crippen molar-refractivity contribution in [1.82, 2.24) is 10.3 Å². The third-order valence-corrected chi connectivity index (χ3v) is 6.38. The normalized spacial score (nSPS) is 19.4. The number of aryl methyl sites for hydroxylation is 1. The highest BCUT2D eigenvalue weighted by Gasteiger charge is 2.43. The highest BCUT2D eigenvalue weighted by atomic mass is 16.5. The lowest BCUT2D eigenvalue weighted by molar-refractivity contribution is -0.118. The van der Waals surface area contributed by atoms with Crippen LogP contribution in [0, 0.1) is 12.3 Å². The molecule has 0 radical (unpaired) electrons. The number of carbonyl (C=O) groups is 2. The molecule has 2 heterocycles. The largest absolute Gasteiger partial charge is 0.493 e. The minimum absolute atomic E-state index is 0.0277. The summed E-state index contributed by atoms with van der Waals surface area (Å²) in [6.45, 7) is 7.97. The van der Waals surface area contributed by atoms with Crippen LogP contribution in [-0.2, 0) is 9.59 Å². The molecule has 34 heavy (non-hydrogen) atoms. The standard InChI is InChI=1S/C27H31N3O4/c1-15-10-11-21(28-14-15)30-26(32)22-16(2)29-18-12-27(3,4)13-19(31)24(18)23(22)17-8-7-9-20(33-5)25(17)34-6/h7-11,14,23,29H,12-13H2,1-6H3,(H,28,30,32)/t23-/m0/s1. The fourth-order valence-corrected chi connectivity index (χ4v) is 4.91.